The zero-order chi connectivity index (χ0) is 31.4. The van der Waals surface area contributed by atoms with E-state index in [0.717, 1.165) is 25.5 Å². The van der Waals surface area contributed by atoms with Crippen molar-refractivity contribution in [3.8, 4) is 0 Å². The van der Waals surface area contributed by atoms with Crippen LogP contribution in [0, 0.1) is 11.8 Å². The normalized spacial score (nSPS) is 24.8. The number of carbonyl (C=O) groups excluding carboxylic acids is 1. The molecule has 0 aromatic heterocycles. The maximum atomic E-state index is 12.0. The van der Waals surface area contributed by atoms with E-state index in [1.165, 1.54) is 0 Å². The summed E-state index contributed by atoms with van der Waals surface area (Å²) >= 11 is 0. The van der Waals surface area contributed by atoms with Crippen LogP contribution >= 0.6 is 0 Å². The molecule has 1 aliphatic rings. The molecule has 0 saturated heterocycles. The fraction of sp³-hybridized carbons (Fsp3) is 0.848. The summed E-state index contributed by atoms with van der Waals surface area (Å²) in [7, 11) is -6.03. The Morgan fingerprint density at radius 2 is 1.23 bits per heavy atom. The van der Waals surface area contributed by atoms with Gasteiger partial charge in [0.05, 0.1) is 18.3 Å². The summed E-state index contributed by atoms with van der Waals surface area (Å²) in [4.78, 5) is 12.0. The van der Waals surface area contributed by atoms with Crippen LogP contribution in [-0.2, 0) is 18.1 Å². The van der Waals surface area contributed by atoms with Crippen molar-refractivity contribution in [1.82, 2.24) is 0 Å². The molecule has 0 aromatic rings. The Morgan fingerprint density at radius 1 is 0.750 bits per heavy atom. The predicted molar refractivity (Wildman–Crippen MR) is 182 cm³/mol. The number of hydrogen-bond acceptors (Lipinski definition) is 4. The minimum absolute atomic E-state index is 0.00875. The number of allylic oxidation sites excluding steroid dienone is 1. The Kier molecular flexibility index (Phi) is 13.2. The fourth-order valence-corrected chi connectivity index (χ4v) is 8.54. The molecule has 0 N–H and O–H groups in total. The van der Waals surface area contributed by atoms with Crippen LogP contribution in [0.25, 0.3) is 0 Å². The van der Waals surface area contributed by atoms with E-state index in [0.29, 0.717) is 6.42 Å². The second kappa shape index (κ2) is 14.0. The Morgan fingerprint density at radius 3 is 1.65 bits per heavy atom. The van der Waals surface area contributed by atoms with Crippen molar-refractivity contribution in [2.24, 2.45) is 11.8 Å². The van der Waals surface area contributed by atoms with E-state index in [1.54, 1.807) is 0 Å². The molecule has 0 spiro atoms. The summed E-state index contributed by atoms with van der Waals surface area (Å²) in [5.74, 6) is 0.229. The van der Waals surface area contributed by atoms with Crippen molar-refractivity contribution < 1.29 is 18.1 Å². The minimum Gasteiger partial charge on any atom is -0.414 e. The Labute approximate surface area is 252 Å². The molecule has 40 heavy (non-hydrogen) atoms. The first kappa shape index (κ1) is 37.7. The summed E-state index contributed by atoms with van der Waals surface area (Å²) in [6.07, 6.45) is 13.5. The average Bonchev–Trinajstić information content (AvgIpc) is 3.04. The lowest BCUT2D eigenvalue weighted by atomic mass is 9.90. The second-order valence-electron chi connectivity index (χ2n) is 16.6. The van der Waals surface area contributed by atoms with Crippen LogP contribution in [0.1, 0.15) is 94.9 Å². The van der Waals surface area contributed by atoms with Gasteiger partial charge in [-0.3, -0.25) is 0 Å². The van der Waals surface area contributed by atoms with E-state index in [9.17, 15) is 4.79 Å². The molecule has 1 rings (SSSR count). The van der Waals surface area contributed by atoms with E-state index >= 15 is 0 Å². The first-order valence-electron chi connectivity index (χ1n) is 15.7. The van der Waals surface area contributed by atoms with Gasteiger partial charge in [0, 0.05) is 12.3 Å². The van der Waals surface area contributed by atoms with Crippen LogP contribution in [-0.4, -0.2) is 49.6 Å². The molecule has 0 radical (unpaired) electrons. The summed E-state index contributed by atoms with van der Waals surface area (Å²) in [6.45, 7) is 36.8. The summed E-state index contributed by atoms with van der Waals surface area (Å²) < 4.78 is 21.1. The quantitative estimate of drug-likeness (QED) is 0.118. The van der Waals surface area contributed by atoms with Crippen LogP contribution < -0.4 is 0 Å². The lowest BCUT2D eigenvalue weighted by Crippen LogP contribution is -2.45. The van der Waals surface area contributed by atoms with E-state index in [4.69, 9.17) is 13.3 Å². The molecule has 0 unspecified atom stereocenters. The molecule has 234 valence electrons. The van der Waals surface area contributed by atoms with Gasteiger partial charge in [-0.2, -0.15) is 0 Å². The smallest absolute Gasteiger partial charge is 0.192 e. The van der Waals surface area contributed by atoms with E-state index in [2.05, 4.69) is 133 Å². The van der Waals surface area contributed by atoms with Crippen molar-refractivity contribution in [3.05, 3.63) is 24.3 Å². The third-order valence-corrected chi connectivity index (χ3v) is 23.8. The third-order valence-electron chi connectivity index (χ3n) is 10.3. The van der Waals surface area contributed by atoms with Crippen LogP contribution in [0.4, 0.5) is 0 Å². The van der Waals surface area contributed by atoms with Gasteiger partial charge in [-0.25, -0.2) is 0 Å². The van der Waals surface area contributed by atoms with E-state index in [-0.39, 0.29) is 45.3 Å². The van der Waals surface area contributed by atoms with Crippen molar-refractivity contribution in [3.63, 3.8) is 0 Å². The molecule has 0 aliphatic heterocycles. The topological polar surface area (TPSA) is 44.8 Å². The number of hydrogen-bond donors (Lipinski definition) is 0. The molecule has 0 heterocycles. The Balaban J connectivity index is 3.53. The van der Waals surface area contributed by atoms with Crippen molar-refractivity contribution >= 4 is 31.2 Å². The second-order valence-corrected chi connectivity index (χ2v) is 30.9. The van der Waals surface area contributed by atoms with E-state index in [1.807, 2.05) is 0 Å². The number of carbonyl (C=O) groups is 1. The highest BCUT2D eigenvalue weighted by Crippen LogP contribution is 2.47. The highest BCUT2D eigenvalue weighted by atomic mass is 28.4. The van der Waals surface area contributed by atoms with Gasteiger partial charge in [-0.15, -0.1) is 0 Å². The molecule has 7 heteroatoms. The van der Waals surface area contributed by atoms with Gasteiger partial charge >= 0.3 is 0 Å². The van der Waals surface area contributed by atoms with E-state index < -0.39 is 25.0 Å². The zero-order valence-electron chi connectivity index (χ0n) is 29.2. The van der Waals surface area contributed by atoms with Gasteiger partial charge in [0.2, 0.25) is 0 Å². The molecular weight excluding hydrogens is 545 g/mol. The van der Waals surface area contributed by atoms with Crippen LogP contribution in [0.5, 0.6) is 0 Å². The SMILES string of the molecule is CC/C=C\C[C@@H](/C=C/[C@H]1[C@@H](CC=O)[C@@H](O[Si](C)(C)C(C)(C)C)C[C@H]1O[Si](C)(C)C(C)(C)C)O[Si](C)(C)C(C)(C)C. The summed E-state index contributed by atoms with van der Waals surface area (Å²) in [5.41, 5.74) is 0. The molecule has 1 aliphatic carbocycles. The zero-order valence-corrected chi connectivity index (χ0v) is 32.2. The van der Waals surface area contributed by atoms with Crippen LogP contribution in [0.3, 0.4) is 0 Å². The van der Waals surface area contributed by atoms with Gasteiger partial charge in [0.25, 0.3) is 0 Å². The van der Waals surface area contributed by atoms with Gasteiger partial charge in [-0.1, -0.05) is 93.5 Å². The maximum absolute atomic E-state index is 12.0. The fourth-order valence-electron chi connectivity index (χ4n) is 4.51. The van der Waals surface area contributed by atoms with Gasteiger partial charge < -0.3 is 18.1 Å². The highest BCUT2D eigenvalue weighted by Gasteiger charge is 2.50. The average molecular weight is 611 g/mol. The summed E-state index contributed by atoms with van der Waals surface area (Å²) in [5, 5.41) is 0.353. The van der Waals surface area contributed by atoms with Crippen molar-refractivity contribution in [2.45, 2.75) is 168 Å². The maximum Gasteiger partial charge on any atom is 0.192 e. The first-order chi connectivity index (χ1) is 17.9. The van der Waals surface area contributed by atoms with Crippen LogP contribution in [0.15, 0.2) is 24.3 Å². The number of rotatable bonds is 13. The lowest BCUT2D eigenvalue weighted by molar-refractivity contribution is -0.109. The minimum atomic E-state index is -2.04. The van der Waals surface area contributed by atoms with Gasteiger partial charge in [-0.05, 0) is 79.6 Å². The molecule has 1 fully saturated rings. The molecule has 0 amide bonds. The molecule has 5 atom stereocenters. The lowest BCUT2D eigenvalue weighted by Gasteiger charge is -2.40. The highest BCUT2D eigenvalue weighted by molar-refractivity contribution is 6.75. The first-order valence-corrected chi connectivity index (χ1v) is 24.4. The molecular formula is C33H66O4Si3. The Hall–Kier alpha value is -0.319. The predicted octanol–water partition coefficient (Wildman–Crippen LogP) is 10.3. The van der Waals surface area contributed by atoms with Gasteiger partial charge in [0.15, 0.2) is 25.0 Å². The standard InChI is InChI=1S/C33H66O4Si3/c1-17-18-19-20-26(35-38(11,12)31(2,3)4)21-22-27-28(23-24-34)30(37-40(15,16)33(8,9)10)25-29(27)36-39(13,14)32(5,6)7/h18-19,21-22,24,26-30H,17,20,23,25H2,1-16H3/b19-18-,22-21+/t26-,27-,28+,29+,30-/m0/s1. The van der Waals surface area contributed by atoms with Gasteiger partial charge in [0.1, 0.15) is 6.29 Å². The largest absolute Gasteiger partial charge is 0.414 e. The third kappa shape index (κ3) is 10.1. The van der Waals surface area contributed by atoms with Crippen LogP contribution in [0.2, 0.25) is 54.4 Å². The monoisotopic (exact) mass is 610 g/mol. The number of aldehydes is 1. The molecule has 4 nitrogen and oxygen atoms in total. The van der Waals surface area contributed by atoms with Crippen molar-refractivity contribution in [2.75, 3.05) is 0 Å². The molecule has 0 aromatic carbocycles. The molecule has 0 bridgehead atoms. The molecule has 1 saturated carbocycles. The Bertz CT molecular complexity index is 856. The summed E-state index contributed by atoms with van der Waals surface area (Å²) in [6, 6.07) is 0. The van der Waals surface area contributed by atoms with Crippen molar-refractivity contribution in [1.29, 1.82) is 0 Å².